The van der Waals surface area contributed by atoms with Crippen molar-refractivity contribution in [2.24, 2.45) is 5.73 Å². The van der Waals surface area contributed by atoms with Crippen LogP contribution in [-0.4, -0.2) is 23.4 Å². The summed E-state index contributed by atoms with van der Waals surface area (Å²) in [5.41, 5.74) is 8.54. The molecule has 0 spiro atoms. The summed E-state index contributed by atoms with van der Waals surface area (Å²) in [5, 5.41) is 0. The summed E-state index contributed by atoms with van der Waals surface area (Å²) in [4.78, 5) is 13.6. The molecule has 0 saturated carbocycles. The molecule has 1 aromatic carbocycles. The first-order valence-corrected chi connectivity index (χ1v) is 6.31. The van der Waals surface area contributed by atoms with E-state index in [1.807, 2.05) is 11.8 Å². The molecule has 17 heavy (non-hydrogen) atoms. The Hall–Kier alpha value is -1.35. The fraction of sp³-hybridized carbons (Fsp3) is 0.500. The number of amides is 1. The van der Waals surface area contributed by atoms with Gasteiger partial charge in [0.25, 0.3) is 0 Å². The first-order chi connectivity index (χ1) is 8.17. The van der Waals surface area contributed by atoms with Gasteiger partial charge in [-0.05, 0) is 24.5 Å². The summed E-state index contributed by atoms with van der Waals surface area (Å²) in [6.45, 7) is 4.87. The molecule has 0 unspecified atom stereocenters. The van der Waals surface area contributed by atoms with E-state index in [2.05, 4.69) is 31.2 Å². The van der Waals surface area contributed by atoms with Gasteiger partial charge in [0.1, 0.15) is 0 Å². The van der Waals surface area contributed by atoms with Gasteiger partial charge in [-0.15, -0.1) is 0 Å². The molecule has 3 heteroatoms. The number of hydrogen-bond acceptors (Lipinski definition) is 2. The van der Waals surface area contributed by atoms with Crippen LogP contribution in [0.5, 0.6) is 0 Å². The van der Waals surface area contributed by atoms with Crippen molar-refractivity contribution in [2.75, 3.05) is 6.54 Å². The third-order valence-electron chi connectivity index (χ3n) is 3.54. The van der Waals surface area contributed by atoms with E-state index in [-0.39, 0.29) is 18.0 Å². The fourth-order valence-corrected chi connectivity index (χ4v) is 2.57. The minimum atomic E-state index is -0.0741. The van der Waals surface area contributed by atoms with Gasteiger partial charge in [-0.1, -0.05) is 31.2 Å². The van der Waals surface area contributed by atoms with Crippen LogP contribution in [0, 0.1) is 0 Å². The molecule has 1 aliphatic heterocycles. The summed E-state index contributed by atoms with van der Waals surface area (Å²) >= 11 is 0. The number of carbonyl (C=O) groups excluding carboxylic acids is 1. The maximum Gasteiger partial charge on any atom is 0.224 e. The van der Waals surface area contributed by atoms with Crippen molar-refractivity contribution < 1.29 is 4.79 Å². The summed E-state index contributed by atoms with van der Waals surface area (Å²) in [6, 6.07) is 8.43. The summed E-state index contributed by atoms with van der Waals surface area (Å²) in [6.07, 6.45) is 1.50. The second-order valence-electron chi connectivity index (χ2n) is 4.59. The van der Waals surface area contributed by atoms with Crippen LogP contribution in [0.2, 0.25) is 0 Å². The second-order valence-corrected chi connectivity index (χ2v) is 4.59. The zero-order chi connectivity index (χ0) is 12.4. The van der Waals surface area contributed by atoms with Crippen molar-refractivity contribution in [3.05, 3.63) is 35.4 Å². The number of nitrogens with two attached hydrogens (primary N) is 1. The third kappa shape index (κ3) is 2.20. The van der Waals surface area contributed by atoms with Gasteiger partial charge in [-0.2, -0.15) is 0 Å². The third-order valence-corrected chi connectivity index (χ3v) is 3.54. The van der Waals surface area contributed by atoms with Crippen LogP contribution in [-0.2, 0) is 11.2 Å². The quantitative estimate of drug-likeness (QED) is 0.864. The standard InChI is InChI=1S/C14H20N2O/c1-3-10-5-7-11(8-6-10)14-12(15)9-13(17)16(14)4-2/h5-8,12,14H,3-4,9,15H2,1-2H3/t12-,14+/m0/s1. The van der Waals surface area contributed by atoms with Gasteiger partial charge >= 0.3 is 0 Å². The highest BCUT2D eigenvalue weighted by atomic mass is 16.2. The van der Waals surface area contributed by atoms with Crippen LogP contribution in [0.4, 0.5) is 0 Å². The number of rotatable bonds is 3. The molecule has 0 aromatic heterocycles. The van der Waals surface area contributed by atoms with E-state index in [4.69, 9.17) is 5.73 Å². The molecule has 0 bridgehead atoms. The average molecular weight is 232 g/mol. The number of benzene rings is 1. The van der Waals surface area contributed by atoms with Gasteiger partial charge in [-0.3, -0.25) is 4.79 Å². The van der Waals surface area contributed by atoms with Crippen LogP contribution in [0.25, 0.3) is 0 Å². The highest BCUT2D eigenvalue weighted by Crippen LogP contribution is 2.31. The molecule has 3 nitrogen and oxygen atoms in total. The number of likely N-dealkylation sites (N-methyl/N-ethyl adjacent to an activating group) is 1. The molecule has 1 aliphatic rings. The van der Waals surface area contributed by atoms with Crippen molar-refractivity contribution in [3.8, 4) is 0 Å². The van der Waals surface area contributed by atoms with Crippen LogP contribution in [0.1, 0.15) is 37.4 Å². The van der Waals surface area contributed by atoms with E-state index in [1.54, 1.807) is 0 Å². The highest BCUT2D eigenvalue weighted by Gasteiger charge is 2.37. The predicted molar refractivity (Wildman–Crippen MR) is 68.5 cm³/mol. The molecule has 1 aromatic rings. The van der Waals surface area contributed by atoms with E-state index in [0.29, 0.717) is 6.42 Å². The minimum Gasteiger partial charge on any atom is -0.334 e. The van der Waals surface area contributed by atoms with Crippen molar-refractivity contribution in [1.29, 1.82) is 0 Å². The Morgan fingerprint density at radius 2 is 1.94 bits per heavy atom. The van der Waals surface area contributed by atoms with Gasteiger partial charge in [0.2, 0.25) is 5.91 Å². The molecule has 1 amide bonds. The van der Waals surface area contributed by atoms with Gasteiger partial charge in [0.15, 0.2) is 0 Å². The first kappa shape index (κ1) is 12.1. The van der Waals surface area contributed by atoms with Crippen molar-refractivity contribution >= 4 is 5.91 Å². The van der Waals surface area contributed by atoms with Crippen LogP contribution in [0.15, 0.2) is 24.3 Å². The molecule has 1 heterocycles. The van der Waals surface area contributed by atoms with Crippen LogP contribution < -0.4 is 5.73 Å². The van der Waals surface area contributed by atoms with E-state index in [1.165, 1.54) is 5.56 Å². The lowest BCUT2D eigenvalue weighted by Crippen LogP contribution is -2.32. The van der Waals surface area contributed by atoms with Gasteiger partial charge < -0.3 is 10.6 Å². The van der Waals surface area contributed by atoms with Gasteiger partial charge in [0, 0.05) is 19.0 Å². The first-order valence-electron chi connectivity index (χ1n) is 6.31. The Morgan fingerprint density at radius 1 is 1.29 bits per heavy atom. The number of carbonyl (C=O) groups is 1. The SMILES string of the molecule is CCc1ccc([C@@H]2[C@@H](N)CC(=O)N2CC)cc1. The van der Waals surface area contributed by atoms with Crippen LogP contribution in [0.3, 0.4) is 0 Å². The summed E-state index contributed by atoms with van der Waals surface area (Å²) in [7, 11) is 0. The van der Waals surface area contributed by atoms with Crippen LogP contribution >= 0.6 is 0 Å². The predicted octanol–water partition coefficient (Wildman–Crippen LogP) is 1.87. The number of nitrogens with zero attached hydrogens (tertiary/aromatic N) is 1. The summed E-state index contributed by atoms with van der Waals surface area (Å²) < 4.78 is 0. The smallest absolute Gasteiger partial charge is 0.224 e. The highest BCUT2D eigenvalue weighted by molar-refractivity contribution is 5.80. The topological polar surface area (TPSA) is 46.3 Å². The van der Waals surface area contributed by atoms with E-state index >= 15 is 0 Å². The largest absolute Gasteiger partial charge is 0.334 e. The van der Waals surface area contributed by atoms with Crippen molar-refractivity contribution in [2.45, 2.75) is 38.8 Å². The maximum absolute atomic E-state index is 11.8. The Balaban J connectivity index is 2.27. The Morgan fingerprint density at radius 3 is 2.47 bits per heavy atom. The number of hydrogen-bond donors (Lipinski definition) is 1. The molecule has 0 aliphatic carbocycles. The number of likely N-dealkylation sites (tertiary alicyclic amines) is 1. The van der Waals surface area contributed by atoms with Crippen molar-refractivity contribution in [1.82, 2.24) is 4.90 Å². The van der Waals surface area contributed by atoms with Gasteiger partial charge in [-0.25, -0.2) is 0 Å². The lowest BCUT2D eigenvalue weighted by molar-refractivity contribution is -0.128. The lowest BCUT2D eigenvalue weighted by atomic mass is 9.99. The molecule has 1 fully saturated rings. The van der Waals surface area contributed by atoms with E-state index < -0.39 is 0 Å². The average Bonchev–Trinajstić information content (AvgIpc) is 2.63. The molecule has 2 atom stereocenters. The molecular formula is C14H20N2O. The monoisotopic (exact) mass is 232 g/mol. The Bertz CT molecular complexity index is 399. The normalized spacial score (nSPS) is 24.4. The maximum atomic E-state index is 11.8. The lowest BCUT2D eigenvalue weighted by Gasteiger charge is -2.26. The van der Waals surface area contributed by atoms with E-state index in [9.17, 15) is 4.79 Å². The fourth-order valence-electron chi connectivity index (χ4n) is 2.57. The molecular weight excluding hydrogens is 212 g/mol. The second kappa shape index (κ2) is 4.88. The molecule has 0 radical (unpaired) electrons. The molecule has 2 rings (SSSR count). The van der Waals surface area contributed by atoms with Gasteiger partial charge in [0.05, 0.1) is 6.04 Å². The van der Waals surface area contributed by atoms with E-state index in [0.717, 1.165) is 18.5 Å². The Labute approximate surface area is 103 Å². The van der Waals surface area contributed by atoms with Crippen molar-refractivity contribution in [3.63, 3.8) is 0 Å². The molecule has 92 valence electrons. The minimum absolute atomic E-state index is 0.0541. The summed E-state index contributed by atoms with van der Waals surface area (Å²) in [5.74, 6) is 0.171. The number of aryl methyl sites for hydroxylation is 1. The molecule has 1 saturated heterocycles. The zero-order valence-electron chi connectivity index (χ0n) is 10.5. The molecule has 2 N–H and O–H groups in total. The zero-order valence-corrected chi connectivity index (χ0v) is 10.5. The Kier molecular flexibility index (Phi) is 3.48.